The maximum atomic E-state index is 12.9. The van der Waals surface area contributed by atoms with E-state index in [1.54, 1.807) is 30.3 Å². The largest absolute Gasteiger partial charge is 0.480 e. The summed E-state index contributed by atoms with van der Waals surface area (Å²) in [5, 5.41) is 16.5. The highest BCUT2D eigenvalue weighted by atomic mass is 31.2. The van der Waals surface area contributed by atoms with Gasteiger partial charge in [-0.1, -0.05) is 30.3 Å². The molecule has 10 N–H and O–H groups in total. The van der Waals surface area contributed by atoms with Gasteiger partial charge in [-0.2, -0.15) is 0 Å². The predicted molar refractivity (Wildman–Crippen MR) is 128 cm³/mol. The van der Waals surface area contributed by atoms with Gasteiger partial charge in [0.15, 0.2) is 0 Å². The normalized spacial score (nSPS) is 14.7. The number of hydrogen-bond acceptors (Lipinski definition) is 8. The van der Waals surface area contributed by atoms with E-state index in [0.717, 1.165) is 0 Å². The fraction of sp³-hybridized carbons (Fsp3) is 0.524. The molecule has 0 fully saturated rings. The van der Waals surface area contributed by atoms with E-state index in [9.17, 15) is 28.8 Å². The molecule has 36 heavy (non-hydrogen) atoms. The van der Waals surface area contributed by atoms with Crippen molar-refractivity contribution >= 4 is 31.5 Å². The molecule has 0 aliphatic carbocycles. The first-order valence-corrected chi connectivity index (χ1v) is 12.7. The number of carbonyl (C=O) groups excluding carboxylic acids is 3. The van der Waals surface area contributed by atoms with Crippen LogP contribution in [0.1, 0.15) is 31.7 Å². The topological polar surface area (TPSA) is 243 Å². The van der Waals surface area contributed by atoms with Crippen LogP contribution in [0.5, 0.6) is 0 Å². The molecule has 0 bridgehead atoms. The highest BCUT2D eigenvalue weighted by Crippen LogP contribution is 2.35. The van der Waals surface area contributed by atoms with Crippen LogP contribution in [0.25, 0.3) is 0 Å². The lowest BCUT2D eigenvalue weighted by atomic mass is 10.1. The van der Waals surface area contributed by atoms with Crippen molar-refractivity contribution in [2.24, 2.45) is 11.5 Å². The standard InChI is InChI=1S/C21H34N5O9P/c1-13(23)18(27)24-15(9-5-6-10-22)19(28)26-17(12-35-36(32,33)34)20(29)25-16(21(30)31)11-14-7-3-2-4-8-14/h2-4,7-8,13,15-17H,5-6,9-12,22-23H2,1H3,(H,24,27)(H,25,29)(H,26,28)(H,30,31)(H2,32,33,34)/t13-,15-,16-,17-/m0/s1. The Balaban J connectivity index is 3.05. The quantitative estimate of drug-likeness (QED) is 0.0887. The molecule has 0 radical (unpaired) electrons. The number of carbonyl (C=O) groups is 4. The molecule has 202 valence electrons. The fourth-order valence-electron chi connectivity index (χ4n) is 3.01. The molecule has 0 saturated heterocycles. The molecule has 3 amide bonds. The monoisotopic (exact) mass is 531 g/mol. The molecule has 4 atom stereocenters. The molecule has 0 heterocycles. The molecule has 0 aromatic heterocycles. The Morgan fingerprint density at radius 2 is 1.50 bits per heavy atom. The maximum Gasteiger partial charge on any atom is 0.469 e. The van der Waals surface area contributed by atoms with Crippen molar-refractivity contribution in [2.75, 3.05) is 13.2 Å². The number of aliphatic carboxylic acids is 1. The fourth-order valence-corrected chi connectivity index (χ4v) is 3.36. The van der Waals surface area contributed by atoms with E-state index < -0.39 is 62.3 Å². The van der Waals surface area contributed by atoms with Crippen molar-refractivity contribution in [1.82, 2.24) is 16.0 Å². The van der Waals surface area contributed by atoms with Gasteiger partial charge >= 0.3 is 13.8 Å². The van der Waals surface area contributed by atoms with Gasteiger partial charge in [-0.05, 0) is 38.3 Å². The zero-order chi connectivity index (χ0) is 27.3. The van der Waals surface area contributed by atoms with E-state index in [4.69, 9.17) is 21.3 Å². The third-order valence-corrected chi connectivity index (χ3v) is 5.42. The zero-order valence-corrected chi connectivity index (χ0v) is 20.7. The summed E-state index contributed by atoms with van der Waals surface area (Å²) in [4.78, 5) is 67.6. The van der Waals surface area contributed by atoms with Crippen molar-refractivity contribution in [2.45, 2.75) is 56.8 Å². The summed E-state index contributed by atoms with van der Waals surface area (Å²) >= 11 is 0. The Morgan fingerprint density at radius 1 is 0.944 bits per heavy atom. The van der Waals surface area contributed by atoms with E-state index >= 15 is 0 Å². The molecule has 15 heteroatoms. The first-order valence-electron chi connectivity index (χ1n) is 11.2. The lowest BCUT2D eigenvalue weighted by molar-refractivity contribution is -0.142. The van der Waals surface area contributed by atoms with Gasteiger partial charge in [0.05, 0.1) is 12.6 Å². The lowest BCUT2D eigenvalue weighted by Crippen LogP contribution is -2.58. The molecule has 0 aliphatic rings. The van der Waals surface area contributed by atoms with Crippen LogP contribution in [-0.2, 0) is 34.7 Å². The summed E-state index contributed by atoms with van der Waals surface area (Å²) in [6, 6.07) is 3.26. The van der Waals surface area contributed by atoms with Crippen molar-refractivity contribution in [1.29, 1.82) is 0 Å². The Kier molecular flexibility index (Phi) is 13.2. The number of unbranched alkanes of at least 4 members (excludes halogenated alkanes) is 1. The smallest absolute Gasteiger partial charge is 0.469 e. The predicted octanol–water partition coefficient (Wildman–Crippen LogP) is -1.65. The highest BCUT2D eigenvalue weighted by Gasteiger charge is 2.31. The Bertz CT molecular complexity index is 926. The molecule has 1 aromatic carbocycles. The third kappa shape index (κ3) is 12.2. The molecule has 0 spiro atoms. The van der Waals surface area contributed by atoms with Gasteiger partial charge in [-0.3, -0.25) is 18.9 Å². The number of carboxylic acids is 1. The number of nitrogens with one attached hydrogen (secondary N) is 3. The van der Waals surface area contributed by atoms with Crippen LogP contribution in [0, 0.1) is 0 Å². The second-order valence-corrected chi connectivity index (χ2v) is 9.31. The highest BCUT2D eigenvalue weighted by molar-refractivity contribution is 7.46. The Hall–Kier alpha value is -2.87. The first kappa shape index (κ1) is 31.2. The SMILES string of the molecule is C[C@H](N)C(=O)N[C@@H](CCCCN)C(=O)N[C@@H](COP(=O)(O)O)C(=O)N[C@@H](Cc1ccccc1)C(=O)O. The number of nitrogens with two attached hydrogens (primary N) is 2. The van der Waals surface area contributed by atoms with Gasteiger partial charge < -0.3 is 42.3 Å². The molecule has 0 aliphatic heterocycles. The number of hydrogen-bond donors (Lipinski definition) is 8. The summed E-state index contributed by atoms with van der Waals surface area (Å²) in [6.45, 7) is 0.790. The van der Waals surface area contributed by atoms with E-state index in [-0.39, 0.29) is 12.8 Å². The van der Waals surface area contributed by atoms with Crippen LogP contribution in [0.15, 0.2) is 30.3 Å². The van der Waals surface area contributed by atoms with Crippen molar-refractivity contribution in [3.05, 3.63) is 35.9 Å². The van der Waals surface area contributed by atoms with Crippen LogP contribution < -0.4 is 27.4 Å². The summed E-state index contributed by atoms with van der Waals surface area (Å²) < 4.78 is 15.6. The molecule has 0 unspecified atom stereocenters. The molecular weight excluding hydrogens is 497 g/mol. The Labute approximate surface area is 208 Å². The van der Waals surface area contributed by atoms with E-state index in [2.05, 4.69) is 20.5 Å². The van der Waals surface area contributed by atoms with Crippen molar-refractivity contribution < 1.29 is 43.2 Å². The number of amides is 3. The van der Waals surface area contributed by atoms with Gasteiger partial charge in [0, 0.05) is 6.42 Å². The minimum absolute atomic E-state index is 0.0892. The summed E-state index contributed by atoms with van der Waals surface area (Å²) in [5.74, 6) is -3.91. The third-order valence-electron chi connectivity index (χ3n) is 4.93. The van der Waals surface area contributed by atoms with Gasteiger partial charge in [-0.25, -0.2) is 9.36 Å². The second-order valence-electron chi connectivity index (χ2n) is 8.07. The number of carboxylic acid groups (broad SMARTS) is 1. The van der Waals surface area contributed by atoms with Crippen molar-refractivity contribution in [3.8, 4) is 0 Å². The molecular formula is C21H34N5O9P. The van der Waals surface area contributed by atoms with Crippen LogP contribution in [0.3, 0.4) is 0 Å². The number of phosphoric ester groups is 1. The first-order chi connectivity index (χ1) is 16.8. The molecule has 14 nitrogen and oxygen atoms in total. The van der Waals surface area contributed by atoms with Crippen LogP contribution in [0.2, 0.25) is 0 Å². The molecule has 0 saturated carbocycles. The van der Waals surface area contributed by atoms with Crippen LogP contribution in [0.4, 0.5) is 0 Å². The zero-order valence-electron chi connectivity index (χ0n) is 19.8. The number of rotatable bonds is 16. The van der Waals surface area contributed by atoms with Gasteiger partial charge in [-0.15, -0.1) is 0 Å². The Morgan fingerprint density at radius 3 is 2.03 bits per heavy atom. The maximum absolute atomic E-state index is 12.9. The van der Waals surface area contributed by atoms with Crippen LogP contribution in [-0.4, -0.2) is 75.9 Å². The van der Waals surface area contributed by atoms with Crippen molar-refractivity contribution in [3.63, 3.8) is 0 Å². The average molecular weight is 532 g/mol. The summed E-state index contributed by atoms with van der Waals surface area (Å²) in [7, 11) is -5.04. The van der Waals surface area contributed by atoms with E-state index in [1.165, 1.54) is 6.92 Å². The van der Waals surface area contributed by atoms with Gasteiger partial charge in [0.25, 0.3) is 0 Å². The lowest BCUT2D eigenvalue weighted by Gasteiger charge is -2.25. The molecule has 1 rings (SSSR count). The van der Waals surface area contributed by atoms with Crippen LogP contribution >= 0.6 is 7.82 Å². The molecule has 1 aromatic rings. The minimum Gasteiger partial charge on any atom is -0.480 e. The van der Waals surface area contributed by atoms with E-state index in [1.807, 2.05) is 0 Å². The number of phosphoric acid groups is 1. The average Bonchev–Trinajstić information content (AvgIpc) is 2.80. The summed E-state index contributed by atoms with van der Waals surface area (Å²) in [5.41, 5.74) is 11.6. The van der Waals surface area contributed by atoms with Gasteiger partial charge in [0.2, 0.25) is 17.7 Å². The minimum atomic E-state index is -5.04. The van der Waals surface area contributed by atoms with E-state index in [0.29, 0.717) is 24.9 Å². The van der Waals surface area contributed by atoms with Gasteiger partial charge in [0.1, 0.15) is 18.1 Å². The summed E-state index contributed by atoms with van der Waals surface area (Å²) in [6.07, 6.45) is 1.04. The second kappa shape index (κ2) is 15.3. The number of benzene rings is 1.